The van der Waals surface area contributed by atoms with Crippen molar-refractivity contribution in [2.45, 2.75) is 0 Å². The van der Waals surface area contributed by atoms with Gasteiger partial charge in [0, 0.05) is 35.1 Å². The lowest BCUT2D eigenvalue weighted by molar-refractivity contribution is 0.975. The van der Waals surface area contributed by atoms with Gasteiger partial charge in [0.15, 0.2) is 0 Å². The van der Waals surface area contributed by atoms with Crippen molar-refractivity contribution in [3.63, 3.8) is 0 Å². The number of pyridine rings is 4. The predicted molar refractivity (Wildman–Crippen MR) is 205 cm³/mol. The zero-order valence-corrected chi connectivity index (χ0v) is 27.2. The number of nitrogens with one attached hydrogen (secondary N) is 1. The molecule has 0 radical (unpaired) electrons. The molecule has 8 aromatic rings. The number of allylic oxidation sites excluding steroid dienone is 2. The molecular weight excluding hydrogens is 611 g/mol. The van der Waals surface area contributed by atoms with Crippen LogP contribution in [-0.4, -0.2) is 26.5 Å². The van der Waals surface area contributed by atoms with Crippen LogP contribution in [0.15, 0.2) is 170 Å². The number of aromatic nitrogens is 4. The third-order valence-electron chi connectivity index (χ3n) is 9.22. The van der Waals surface area contributed by atoms with Crippen LogP contribution < -0.4 is 5.32 Å². The zero-order chi connectivity index (χ0) is 33.3. The van der Waals surface area contributed by atoms with Crippen LogP contribution in [0.25, 0.3) is 83.4 Å². The second kappa shape index (κ2) is 12.7. The second-order valence-electron chi connectivity index (χ2n) is 12.3. The fraction of sp³-hybridized carbons (Fsp3) is 0.0222. The minimum atomic E-state index is 0.792. The molecular formula is C45H31N5. The van der Waals surface area contributed by atoms with Crippen molar-refractivity contribution in [3.8, 4) is 56.2 Å². The molecule has 5 heterocycles. The summed E-state index contributed by atoms with van der Waals surface area (Å²) in [5, 5.41) is 6.80. The zero-order valence-electron chi connectivity index (χ0n) is 27.2. The Hall–Kier alpha value is -6.72. The molecule has 5 heteroatoms. The highest BCUT2D eigenvalue weighted by molar-refractivity contribution is 6.16. The minimum absolute atomic E-state index is 0.792. The Labute approximate surface area is 290 Å². The van der Waals surface area contributed by atoms with E-state index in [1.165, 1.54) is 16.5 Å². The van der Waals surface area contributed by atoms with Gasteiger partial charge >= 0.3 is 0 Å². The first-order chi connectivity index (χ1) is 24.8. The maximum absolute atomic E-state index is 5.15. The number of fused-ring (bicyclic) bond motifs is 3. The Morgan fingerprint density at radius 1 is 0.480 bits per heavy atom. The Balaban J connectivity index is 1.12. The van der Waals surface area contributed by atoms with Gasteiger partial charge in [-0.2, -0.15) is 0 Å². The van der Waals surface area contributed by atoms with Crippen molar-refractivity contribution < 1.29 is 0 Å². The third-order valence-corrected chi connectivity index (χ3v) is 9.22. The third kappa shape index (κ3) is 5.51. The first kappa shape index (κ1) is 29.4. The molecule has 0 saturated carbocycles. The molecule has 0 unspecified atom stereocenters. The molecule has 4 aromatic carbocycles. The highest BCUT2D eigenvalue weighted by Crippen LogP contribution is 2.39. The highest BCUT2D eigenvalue weighted by atomic mass is 14.8. The Bertz CT molecular complexity index is 2520. The summed E-state index contributed by atoms with van der Waals surface area (Å²) >= 11 is 0. The van der Waals surface area contributed by atoms with E-state index in [1.54, 1.807) is 12.4 Å². The van der Waals surface area contributed by atoms with Crippen molar-refractivity contribution >= 4 is 27.2 Å². The molecule has 0 spiro atoms. The Kier molecular flexibility index (Phi) is 7.48. The van der Waals surface area contributed by atoms with E-state index in [0.717, 1.165) is 79.1 Å². The predicted octanol–water partition coefficient (Wildman–Crippen LogP) is 10.4. The van der Waals surface area contributed by atoms with Crippen LogP contribution >= 0.6 is 0 Å². The first-order valence-corrected chi connectivity index (χ1v) is 16.8. The van der Waals surface area contributed by atoms with Gasteiger partial charge in [0.05, 0.1) is 34.0 Å². The topological polar surface area (TPSA) is 63.6 Å². The molecule has 1 aliphatic heterocycles. The number of nitrogens with zero attached hydrogens (tertiary/aromatic N) is 4. The number of dihydropyridines is 1. The second-order valence-corrected chi connectivity index (χ2v) is 12.3. The molecule has 1 N–H and O–H groups in total. The van der Waals surface area contributed by atoms with Crippen LogP contribution in [0, 0.1) is 0 Å². The fourth-order valence-corrected chi connectivity index (χ4v) is 6.80. The SMILES string of the molecule is C1=CC(c2nc3ccccc3c3c(-c4cccc(-c5ccc(-c6cc(-c7ccccn7)nc(-c7ccccn7)c6)cc5)c4)cccc23)=CCN1. The largest absolute Gasteiger partial charge is 0.387 e. The smallest absolute Gasteiger partial charge is 0.0900 e. The normalized spacial score (nSPS) is 12.5. The first-order valence-electron chi connectivity index (χ1n) is 16.8. The molecule has 0 fully saturated rings. The standard InChI is InChI=1S/C45H31N5/c1-2-14-39-37(11-1)44-36(12-8-13-38(44)45(50-39)32-21-25-46-26-22-32)34-10-7-9-33(27-34)30-17-19-31(20-18-30)35-28-42(40-15-3-5-23-47-40)49-43(29-35)41-16-4-6-24-48-41/h1-25,27-29,46H,26H2. The van der Waals surface area contributed by atoms with E-state index >= 15 is 0 Å². The van der Waals surface area contributed by atoms with Gasteiger partial charge in [-0.1, -0.05) is 97.1 Å². The van der Waals surface area contributed by atoms with Gasteiger partial charge in [0.25, 0.3) is 0 Å². The Morgan fingerprint density at radius 3 is 1.84 bits per heavy atom. The lowest BCUT2D eigenvalue weighted by atomic mass is 9.91. The quantitative estimate of drug-likeness (QED) is 0.183. The number of benzene rings is 4. The van der Waals surface area contributed by atoms with Crippen LogP contribution in [-0.2, 0) is 0 Å². The van der Waals surface area contributed by atoms with Crippen molar-refractivity contribution in [2.24, 2.45) is 0 Å². The van der Waals surface area contributed by atoms with E-state index in [9.17, 15) is 0 Å². The van der Waals surface area contributed by atoms with Crippen molar-refractivity contribution in [3.05, 3.63) is 176 Å². The van der Waals surface area contributed by atoms with E-state index < -0.39 is 0 Å². The number of rotatable bonds is 6. The summed E-state index contributed by atoms with van der Waals surface area (Å²) in [6, 6.07) is 48.7. The molecule has 5 nitrogen and oxygen atoms in total. The van der Waals surface area contributed by atoms with Gasteiger partial charge in [-0.3, -0.25) is 9.97 Å². The van der Waals surface area contributed by atoms with Crippen LogP contribution in [0.4, 0.5) is 0 Å². The molecule has 4 aromatic heterocycles. The molecule has 1 aliphatic rings. The summed E-state index contributed by atoms with van der Waals surface area (Å²) in [6.45, 7) is 0.792. The molecule has 50 heavy (non-hydrogen) atoms. The number of hydrogen-bond donors (Lipinski definition) is 1. The highest BCUT2D eigenvalue weighted by Gasteiger charge is 2.16. The van der Waals surface area contributed by atoms with Crippen molar-refractivity contribution in [1.82, 2.24) is 25.3 Å². The molecule has 0 aliphatic carbocycles. The Morgan fingerprint density at radius 2 is 1.14 bits per heavy atom. The van der Waals surface area contributed by atoms with Crippen LogP contribution in [0.1, 0.15) is 5.69 Å². The van der Waals surface area contributed by atoms with Gasteiger partial charge < -0.3 is 5.32 Å². The van der Waals surface area contributed by atoms with Gasteiger partial charge in [-0.05, 0) is 99.8 Å². The minimum Gasteiger partial charge on any atom is -0.387 e. The van der Waals surface area contributed by atoms with E-state index in [-0.39, 0.29) is 0 Å². The van der Waals surface area contributed by atoms with Crippen LogP contribution in [0.5, 0.6) is 0 Å². The lowest BCUT2D eigenvalue weighted by Gasteiger charge is -2.16. The van der Waals surface area contributed by atoms with Crippen LogP contribution in [0.3, 0.4) is 0 Å². The summed E-state index contributed by atoms with van der Waals surface area (Å²) in [5.74, 6) is 0. The number of para-hydroxylation sites is 1. The lowest BCUT2D eigenvalue weighted by Crippen LogP contribution is -2.09. The fourth-order valence-electron chi connectivity index (χ4n) is 6.80. The monoisotopic (exact) mass is 641 g/mol. The van der Waals surface area contributed by atoms with Gasteiger partial charge in [-0.15, -0.1) is 0 Å². The molecule has 236 valence electrons. The molecule has 0 bridgehead atoms. The summed E-state index contributed by atoms with van der Waals surface area (Å²) in [5.41, 5.74) is 13.3. The van der Waals surface area contributed by atoms with Crippen LogP contribution in [0.2, 0.25) is 0 Å². The van der Waals surface area contributed by atoms with Crippen molar-refractivity contribution in [1.29, 1.82) is 0 Å². The summed E-state index contributed by atoms with van der Waals surface area (Å²) < 4.78 is 0. The summed E-state index contributed by atoms with van der Waals surface area (Å²) in [7, 11) is 0. The summed E-state index contributed by atoms with van der Waals surface area (Å²) in [6.07, 6.45) is 9.92. The average Bonchev–Trinajstić information content (AvgIpc) is 3.21. The molecule has 0 saturated heterocycles. The van der Waals surface area contributed by atoms with Crippen molar-refractivity contribution in [2.75, 3.05) is 6.54 Å². The molecule has 9 rings (SSSR count). The van der Waals surface area contributed by atoms with Gasteiger partial charge in [0.2, 0.25) is 0 Å². The van der Waals surface area contributed by atoms with E-state index in [2.05, 4.69) is 131 Å². The average molecular weight is 642 g/mol. The van der Waals surface area contributed by atoms with Gasteiger partial charge in [-0.25, -0.2) is 9.97 Å². The number of hydrogen-bond acceptors (Lipinski definition) is 5. The molecule has 0 atom stereocenters. The maximum Gasteiger partial charge on any atom is 0.0900 e. The molecule has 0 amide bonds. The summed E-state index contributed by atoms with van der Waals surface area (Å²) in [4.78, 5) is 19.2. The van der Waals surface area contributed by atoms with Gasteiger partial charge in [0.1, 0.15) is 0 Å². The van der Waals surface area contributed by atoms with E-state index in [0.29, 0.717) is 0 Å². The van der Waals surface area contributed by atoms with E-state index in [4.69, 9.17) is 9.97 Å². The maximum atomic E-state index is 5.15. The van der Waals surface area contributed by atoms with E-state index in [1.807, 2.05) is 42.6 Å².